The van der Waals surface area contributed by atoms with Crippen molar-refractivity contribution in [2.75, 3.05) is 13.1 Å². The van der Waals surface area contributed by atoms with Crippen LogP contribution in [0.2, 0.25) is 5.02 Å². The molecule has 1 spiro atoms. The zero-order valence-corrected chi connectivity index (χ0v) is 16.6. The maximum atomic E-state index is 12.7. The first-order valence-electron chi connectivity index (χ1n) is 10.0. The lowest BCUT2D eigenvalue weighted by Crippen LogP contribution is -2.55. The summed E-state index contributed by atoms with van der Waals surface area (Å²) < 4.78 is 6.31. The Labute approximate surface area is 165 Å². The van der Waals surface area contributed by atoms with E-state index >= 15 is 0 Å². The van der Waals surface area contributed by atoms with E-state index in [9.17, 15) is 9.59 Å². The van der Waals surface area contributed by atoms with Gasteiger partial charge >= 0.3 is 6.03 Å². The number of nitrogens with zero attached hydrogens (tertiary/aromatic N) is 1. The lowest BCUT2D eigenvalue weighted by Gasteiger charge is -2.44. The minimum Gasteiger partial charge on any atom is -0.486 e. The molecule has 0 aromatic heterocycles. The average Bonchev–Trinajstić information content (AvgIpc) is 2.65. The zero-order chi connectivity index (χ0) is 19.0. The number of hydrogen-bond acceptors (Lipinski definition) is 3. The molecule has 0 unspecified atom stereocenters. The lowest BCUT2D eigenvalue weighted by atomic mass is 9.82. The molecule has 0 bridgehead atoms. The molecule has 6 heteroatoms. The van der Waals surface area contributed by atoms with Crippen molar-refractivity contribution in [2.24, 2.45) is 0 Å². The number of likely N-dealkylation sites (tertiary alicyclic amines) is 1. The summed E-state index contributed by atoms with van der Waals surface area (Å²) in [5, 5.41) is 3.78. The van der Waals surface area contributed by atoms with Gasteiger partial charge < -0.3 is 15.0 Å². The minimum absolute atomic E-state index is 0.0295. The molecule has 1 aromatic carbocycles. The fourth-order valence-corrected chi connectivity index (χ4v) is 4.69. The number of urea groups is 1. The highest BCUT2D eigenvalue weighted by Crippen LogP contribution is 2.41. The normalized spacial score (nSPS) is 22.3. The predicted molar refractivity (Wildman–Crippen MR) is 105 cm³/mol. The van der Waals surface area contributed by atoms with Crippen molar-refractivity contribution in [3.8, 4) is 5.75 Å². The van der Waals surface area contributed by atoms with Gasteiger partial charge in [-0.3, -0.25) is 4.79 Å². The Balaban J connectivity index is 1.40. The van der Waals surface area contributed by atoms with E-state index in [2.05, 4.69) is 5.32 Å². The third-order valence-electron chi connectivity index (χ3n) is 6.27. The molecule has 1 saturated heterocycles. The van der Waals surface area contributed by atoms with Gasteiger partial charge in [-0.15, -0.1) is 0 Å². The fraction of sp³-hybridized carbons (Fsp3) is 0.619. The molecule has 0 atom stereocenters. The maximum Gasteiger partial charge on any atom is 0.317 e. The molecular weight excluding hydrogens is 364 g/mol. The van der Waals surface area contributed by atoms with E-state index in [1.807, 2.05) is 17.9 Å². The summed E-state index contributed by atoms with van der Waals surface area (Å²) >= 11 is 6.16. The van der Waals surface area contributed by atoms with Crippen LogP contribution in [0.25, 0.3) is 0 Å². The molecule has 1 aliphatic carbocycles. The van der Waals surface area contributed by atoms with Crippen molar-refractivity contribution in [3.05, 3.63) is 28.3 Å². The molecule has 5 nitrogen and oxygen atoms in total. The molecule has 2 amide bonds. The first-order chi connectivity index (χ1) is 13.0. The average molecular weight is 391 g/mol. The first-order valence-corrected chi connectivity index (χ1v) is 10.4. The van der Waals surface area contributed by atoms with Crippen LogP contribution in [0.15, 0.2) is 12.1 Å². The largest absolute Gasteiger partial charge is 0.486 e. The summed E-state index contributed by atoms with van der Waals surface area (Å²) in [5.74, 6) is 0.714. The molecule has 2 fully saturated rings. The Morgan fingerprint density at radius 3 is 2.63 bits per heavy atom. The third kappa shape index (κ3) is 3.79. The standard InChI is InChI=1S/C21H27ClN2O3/c1-14-11-19-16(12-17(14)22)18(25)13-21(27-19)7-9-24(10-8-21)20(26)23-15-5-3-2-4-6-15/h11-12,15H,2-10,13H2,1H3,(H,23,26). The van der Waals surface area contributed by atoms with Crippen LogP contribution in [0.4, 0.5) is 4.79 Å². The number of nitrogens with one attached hydrogen (secondary N) is 1. The van der Waals surface area contributed by atoms with Crippen molar-refractivity contribution in [2.45, 2.75) is 69.9 Å². The van der Waals surface area contributed by atoms with E-state index in [-0.39, 0.29) is 11.8 Å². The van der Waals surface area contributed by atoms with Crippen molar-refractivity contribution in [1.29, 1.82) is 0 Å². The van der Waals surface area contributed by atoms with E-state index < -0.39 is 5.60 Å². The topological polar surface area (TPSA) is 58.6 Å². The van der Waals surface area contributed by atoms with Crippen LogP contribution < -0.4 is 10.1 Å². The van der Waals surface area contributed by atoms with Crippen LogP contribution in [0, 0.1) is 6.92 Å². The number of rotatable bonds is 1. The van der Waals surface area contributed by atoms with E-state index in [4.69, 9.17) is 16.3 Å². The Kier molecular flexibility index (Phi) is 5.06. The minimum atomic E-state index is -0.494. The number of Topliss-reactive ketones (excluding diaryl/α,β-unsaturated/α-hetero) is 1. The smallest absolute Gasteiger partial charge is 0.317 e. The van der Waals surface area contributed by atoms with Crippen LogP contribution in [-0.4, -0.2) is 41.4 Å². The highest BCUT2D eigenvalue weighted by Gasteiger charge is 2.44. The molecule has 1 N–H and O–H groups in total. The number of carbonyl (C=O) groups is 2. The van der Waals surface area contributed by atoms with Crippen LogP contribution in [0.5, 0.6) is 5.75 Å². The van der Waals surface area contributed by atoms with Crippen molar-refractivity contribution < 1.29 is 14.3 Å². The number of ketones is 1. The molecule has 4 rings (SSSR count). The number of carbonyl (C=O) groups excluding carboxylic acids is 2. The number of benzene rings is 1. The summed E-state index contributed by atoms with van der Waals surface area (Å²) in [6.45, 7) is 3.15. The van der Waals surface area contributed by atoms with Gasteiger partial charge in [-0.1, -0.05) is 30.9 Å². The Hall–Kier alpha value is -1.75. The first kappa shape index (κ1) is 18.6. The van der Waals surface area contributed by atoms with Gasteiger partial charge in [0.1, 0.15) is 11.4 Å². The van der Waals surface area contributed by atoms with Gasteiger partial charge in [0.25, 0.3) is 0 Å². The summed E-state index contributed by atoms with van der Waals surface area (Å²) in [4.78, 5) is 27.1. The number of amides is 2. The van der Waals surface area contributed by atoms with E-state index in [1.165, 1.54) is 19.3 Å². The number of piperidine rings is 1. The van der Waals surface area contributed by atoms with Crippen molar-refractivity contribution in [3.63, 3.8) is 0 Å². The molecule has 2 heterocycles. The SMILES string of the molecule is Cc1cc2c(cc1Cl)C(=O)CC1(CCN(C(=O)NC3CCCCC3)CC1)O2. The fourth-order valence-electron chi connectivity index (χ4n) is 4.52. The van der Waals surface area contributed by atoms with Crippen LogP contribution >= 0.6 is 11.6 Å². The van der Waals surface area contributed by atoms with E-state index in [1.54, 1.807) is 6.07 Å². The molecule has 1 aromatic rings. The summed E-state index contributed by atoms with van der Waals surface area (Å²) in [5.41, 5.74) is 0.990. The second-order valence-corrected chi connectivity index (χ2v) is 8.66. The highest BCUT2D eigenvalue weighted by atomic mass is 35.5. The van der Waals surface area contributed by atoms with Gasteiger partial charge in [0.15, 0.2) is 5.78 Å². The zero-order valence-electron chi connectivity index (χ0n) is 15.9. The van der Waals surface area contributed by atoms with Gasteiger partial charge in [0, 0.05) is 37.0 Å². The van der Waals surface area contributed by atoms with Gasteiger partial charge in [0.2, 0.25) is 0 Å². The monoisotopic (exact) mass is 390 g/mol. The molecular formula is C21H27ClN2O3. The Bertz CT molecular complexity index is 750. The van der Waals surface area contributed by atoms with Gasteiger partial charge in [-0.25, -0.2) is 4.79 Å². The number of halogens is 1. The molecule has 1 saturated carbocycles. The molecule has 3 aliphatic rings. The number of hydrogen-bond donors (Lipinski definition) is 1. The summed E-state index contributed by atoms with van der Waals surface area (Å²) in [7, 11) is 0. The quantitative estimate of drug-likeness (QED) is 0.768. The Morgan fingerprint density at radius 1 is 1.22 bits per heavy atom. The van der Waals surface area contributed by atoms with Crippen LogP contribution in [0.3, 0.4) is 0 Å². The van der Waals surface area contributed by atoms with Gasteiger partial charge in [-0.2, -0.15) is 0 Å². The number of ether oxygens (including phenoxy) is 1. The Morgan fingerprint density at radius 2 is 1.93 bits per heavy atom. The molecule has 27 heavy (non-hydrogen) atoms. The number of fused-ring (bicyclic) bond motifs is 1. The van der Waals surface area contributed by atoms with E-state index in [0.29, 0.717) is 54.7 Å². The van der Waals surface area contributed by atoms with Crippen molar-refractivity contribution in [1.82, 2.24) is 10.2 Å². The van der Waals surface area contributed by atoms with Crippen LogP contribution in [-0.2, 0) is 0 Å². The lowest BCUT2D eigenvalue weighted by molar-refractivity contribution is -0.000976. The van der Waals surface area contributed by atoms with Crippen LogP contribution in [0.1, 0.15) is 67.3 Å². The molecule has 2 aliphatic heterocycles. The molecule has 146 valence electrons. The second-order valence-electron chi connectivity index (χ2n) is 8.25. The van der Waals surface area contributed by atoms with Gasteiger partial charge in [0.05, 0.1) is 12.0 Å². The highest BCUT2D eigenvalue weighted by molar-refractivity contribution is 6.31. The predicted octanol–water partition coefficient (Wildman–Crippen LogP) is 4.49. The molecule has 0 radical (unpaired) electrons. The summed E-state index contributed by atoms with van der Waals surface area (Å²) in [6, 6.07) is 3.92. The van der Waals surface area contributed by atoms with E-state index in [0.717, 1.165) is 18.4 Å². The number of aryl methyl sites for hydroxylation is 1. The summed E-state index contributed by atoms with van der Waals surface area (Å²) in [6.07, 6.45) is 7.56. The third-order valence-corrected chi connectivity index (χ3v) is 6.67. The maximum absolute atomic E-state index is 12.7. The second kappa shape index (κ2) is 7.34. The van der Waals surface area contributed by atoms with Gasteiger partial charge in [-0.05, 0) is 37.5 Å². The van der Waals surface area contributed by atoms with Crippen molar-refractivity contribution >= 4 is 23.4 Å².